The lowest BCUT2D eigenvalue weighted by molar-refractivity contribution is 0.362. The van der Waals surface area contributed by atoms with E-state index in [1.54, 1.807) is 6.08 Å². The number of halogens is 1. The first-order valence-electron chi connectivity index (χ1n) is 5.40. The van der Waals surface area contributed by atoms with E-state index in [-0.39, 0.29) is 0 Å². The van der Waals surface area contributed by atoms with Gasteiger partial charge in [-0.1, -0.05) is 49.4 Å². The van der Waals surface area contributed by atoms with E-state index in [2.05, 4.69) is 19.6 Å². The van der Waals surface area contributed by atoms with Gasteiger partial charge < -0.3 is 4.74 Å². The summed E-state index contributed by atoms with van der Waals surface area (Å²) in [6.45, 7) is 6.26. The van der Waals surface area contributed by atoms with Crippen LogP contribution in [-0.2, 0) is 0 Å². The Hall–Kier alpha value is -1.21. The monoisotopic (exact) mass is 236 g/mol. The van der Waals surface area contributed by atoms with E-state index in [9.17, 15) is 0 Å². The van der Waals surface area contributed by atoms with Crippen molar-refractivity contribution in [3.05, 3.63) is 48.1 Å². The van der Waals surface area contributed by atoms with Crippen LogP contribution in [0.2, 0.25) is 0 Å². The second-order valence-electron chi connectivity index (χ2n) is 3.43. The molecule has 0 radical (unpaired) electrons. The van der Waals surface area contributed by atoms with E-state index in [0.29, 0.717) is 12.5 Å². The van der Waals surface area contributed by atoms with Gasteiger partial charge in [-0.25, -0.2) is 0 Å². The number of ether oxygens (including phenoxy) is 1. The fourth-order valence-electron chi connectivity index (χ4n) is 1.33. The van der Waals surface area contributed by atoms with Crippen LogP contribution in [0.4, 0.5) is 0 Å². The standard InChI is InChI=1S/C14H17ClO/c1-3-9-16-14-8-6-5-7-13(14)10-12(4-2)11-15/h3,5-8,10H,1,4,9,11H2,2H3. The highest BCUT2D eigenvalue weighted by Gasteiger charge is 2.00. The van der Waals surface area contributed by atoms with Crippen molar-refractivity contribution in [3.63, 3.8) is 0 Å². The van der Waals surface area contributed by atoms with Crippen molar-refractivity contribution in [1.29, 1.82) is 0 Å². The molecule has 0 fully saturated rings. The van der Waals surface area contributed by atoms with Gasteiger partial charge in [0.25, 0.3) is 0 Å². The Morgan fingerprint density at radius 1 is 1.44 bits per heavy atom. The Morgan fingerprint density at radius 2 is 2.19 bits per heavy atom. The smallest absolute Gasteiger partial charge is 0.126 e. The molecule has 86 valence electrons. The third-order valence-corrected chi connectivity index (χ3v) is 2.60. The molecule has 0 saturated carbocycles. The molecule has 1 aromatic carbocycles. The molecule has 0 amide bonds. The zero-order valence-corrected chi connectivity index (χ0v) is 10.3. The van der Waals surface area contributed by atoms with Crippen molar-refractivity contribution in [3.8, 4) is 5.75 Å². The van der Waals surface area contributed by atoms with E-state index in [0.717, 1.165) is 17.7 Å². The van der Waals surface area contributed by atoms with Gasteiger partial charge in [0.05, 0.1) is 0 Å². The van der Waals surface area contributed by atoms with Crippen LogP contribution in [0.3, 0.4) is 0 Å². The molecular weight excluding hydrogens is 220 g/mol. The Balaban J connectivity index is 2.93. The van der Waals surface area contributed by atoms with Gasteiger partial charge in [0.2, 0.25) is 0 Å². The van der Waals surface area contributed by atoms with Gasteiger partial charge in [0, 0.05) is 11.4 Å². The summed E-state index contributed by atoms with van der Waals surface area (Å²) in [4.78, 5) is 0. The highest BCUT2D eigenvalue weighted by atomic mass is 35.5. The number of hydrogen-bond donors (Lipinski definition) is 0. The van der Waals surface area contributed by atoms with Crippen molar-refractivity contribution in [1.82, 2.24) is 0 Å². The number of rotatable bonds is 6. The third-order valence-electron chi connectivity index (χ3n) is 2.26. The molecule has 1 rings (SSSR count). The van der Waals surface area contributed by atoms with Gasteiger partial charge in [-0.3, -0.25) is 0 Å². The summed E-state index contributed by atoms with van der Waals surface area (Å²) in [5, 5.41) is 0. The Bertz CT molecular complexity index is 363. The first-order chi connectivity index (χ1) is 7.81. The van der Waals surface area contributed by atoms with Crippen molar-refractivity contribution < 1.29 is 4.74 Å². The second kappa shape index (κ2) is 7.13. The maximum Gasteiger partial charge on any atom is 0.126 e. The molecule has 1 aromatic rings. The highest BCUT2D eigenvalue weighted by molar-refractivity contribution is 6.19. The molecule has 1 nitrogen and oxygen atoms in total. The van der Waals surface area contributed by atoms with Crippen molar-refractivity contribution >= 4 is 17.7 Å². The zero-order chi connectivity index (χ0) is 11.8. The van der Waals surface area contributed by atoms with Crippen LogP contribution < -0.4 is 4.74 Å². The van der Waals surface area contributed by atoms with E-state index in [1.165, 1.54) is 5.57 Å². The van der Waals surface area contributed by atoms with Crippen molar-refractivity contribution in [2.75, 3.05) is 12.5 Å². The fourth-order valence-corrected chi connectivity index (χ4v) is 1.60. The summed E-state index contributed by atoms with van der Waals surface area (Å²) in [6.07, 6.45) is 4.79. The molecule has 0 aliphatic carbocycles. The third kappa shape index (κ3) is 3.74. The largest absolute Gasteiger partial charge is 0.489 e. The van der Waals surface area contributed by atoms with Crippen LogP contribution in [-0.4, -0.2) is 12.5 Å². The summed E-state index contributed by atoms with van der Waals surface area (Å²) in [5.74, 6) is 1.44. The van der Waals surface area contributed by atoms with E-state index in [4.69, 9.17) is 16.3 Å². The molecule has 0 saturated heterocycles. The van der Waals surface area contributed by atoms with Crippen LogP contribution >= 0.6 is 11.6 Å². The van der Waals surface area contributed by atoms with Gasteiger partial charge in [-0.05, 0) is 12.5 Å². The van der Waals surface area contributed by atoms with Crippen molar-refractivity contribution in [2.24, 2.45) is 0 Å². The Kier molecular flexibility index (Phi) is 5.73. The number of allylic oxidation sites excluding steroid dienone is 1. The fraction of sp³-hybridized carbons (Fsp3) is 0.286. The summed E-state index contributed by atoms with van der Waals surface area (Å²) >= 11 is 5.85. The predicted octanol–water partition coefficient (Wildman–Crippen LogP) is 4.28. The summed E-state index contributed by atoms with van der Waals surface area (Å²) < 4.78 is 5.57. The second-order valence-corrected chi connectivity index (χ2v) is 3.69. The lowest BCUT2D eigenvalue weighted by Gasteiger charge is -2.08. The summed E-state index contributed by atoms with van der Waals surface area (Å²) in [7, 11) is 0. The van der Waals surface area contributed by atoms with E-state index < -0.39 is 0 Å². The first kappa shape index (κ1) is 12.9. The zero-order valence-electron chi connectivity index (χ0n) is 9.58. The molecule has 0 aliphatic heterocycles. The van der Waals surface area contributed by atoms with Gasteiger partial charge in [-0.15, -0.1) is 11.6 Å². The molecule has 0 N–H and O–H groups in total. The van der Waals surface area contributed by atoms with E-state index in [1.807, 2.05) is 24.3 Å². The molecular formula is C14H17ClO. The average Bonchev–Trinajstić information content (AvgIpc) is 2.34. The SMILES string of the molecule is C=CCOc1ccccc1C=C(CC)CCl. The Labute approximate surface area is 102 Å². The van der Waals surface area contributed by atoms with Gasteiger partial charge in [-0.2, -0.15) is 0 Å². The van der Waals surface area contributed by atoms with Gasteiger partial charge >= 0.3 is 0 Å². The first-order valence-corrected chi connectivity index (χ1v) is 5.93. The maximum atomic E-state index is 5.85. The molecule has 16 heavy (non-hydrogen) atoms. The molecule has 0 atom stereocenters. The molecule has 0 heterocycles. The minimum atomic E-state index is 0.521. The number of para-hydroxylation sites is 1. The van der Waals surface area contributed by atoms with E-state index >= 15 is 0 Å². The normalized spacial score (nSPS) is 11.2. The predicted molar refractivity (Wildman–Crippen MR) is 71.1 cm³/mol. The van der Waals surface area contributed by atoms with Crippen LogP contribution in [0.25, 0.3) is 6.08 Å². The van der Waals surface area contributed by atoms with Crippen LogP contribution in [0, 0.1) is 0 Å². The van der Waals surface area contributed by atoms with Crippen LogP contribution in [0.15, 0.2) is 42.5 Å². The number of hydrogen-bond acceptors (Lipinski definition) is 1. The molecule has 0 aromatic heterocycles. The average molecular weight is 237 g/mol. The molecule has 0 spiro atoms. The lowest BCUT2D eigenvalue weighted by atomic mass is 10.1. The Morgan fingerprint density at radius 3 is 2.81 bits per heavy atom. The van der Waals surface area contributed by atoms with Crippen LogP contribution in [0.1, 0.15) is 18.9 Å². The lowest BCUT2D eigenvalue weighted by Crippen LogP contribution is -1.95. The molecule has 0 aliphatic rings. The quantitative estimate of drug-likeness (QED) is 0.529. The molecule has 0 unspecified atom stereocenters. The van der Waals surface area contributed by atoms with Gasteiger partial charge in [0.1, 0.15) is 12.4 Å². The minimum absolute atomic E-state index is 0.521. The minimum Gasteiger partial charge on any atom is -0.489 e. The number of alkyl halides is 1. The topological polar surface area (TPSA) is 9.23 Å². The maximum absolute atomic E-state index is 5.85. The highest BCUT2D eigenvalue weighted by Crippen LogP contribution is 2.22. The summed E-state index contributed by atoms with van der Waals surface area (Å²) in [5.41, 5.74) is 2.28. The summed E-state index contributed by atoms with van der Waals surface area (Å²) in [6, 6.07) is 7.94. The molecule has 0 bridgehead atoms. The van der Waals surface area contributed by atoms with Gasteiger partial charge in [0.15, 0.2) is 0 Å². The van der Waals surface area contributed by atoms with Crippen LogP contribution in [0.5, 0.6) is 5.75 Å². The van der Waals surface area contributed by atoms with Crippen molar-refractivity contribution in [2.45, 2.75) is 13.3 Å². The number of benzene rings is 1. The molecule has 2 heteroatoms.